The minimum atomic E-state index is -0.747. The highest BCUT2D eigenvalue weighted by Gasteiger charge is 2.13. The lowest BCUT2D eigenvalue weighted by Gasteiger charge is -2.00. The lowest BCUT2D eigenvalue weighted by molar-refractivity contribution is 0.0992. The molecule has 5 nitrogen and oxygen atoms in total. The molecule has 5 heteroatoms. The molecule has 82 valence electrons. The molecular weight excluding hydrogens is 206 g/mol. The summed E-state index contributed by atoms with van der Waals surface area (Å²) >= 11 is 0. The number of rotatable bonds is 2. The summed E-state index contributed by atoms with van der Waals surface area (Å²) in [4.78, 5) is 10.9. The molecule has 3 N–H and O–H groups in total. The Labute approximate surface area is 92.1 Å². The van der Waals surface area contributed by atoms with E-state index in [1.54, 1.807) is 0 Å². The number of carbonyl (C=O) groups is 1. The molecule has 1 heterocycles. The van der Waals surface area contributed by atoms with Crippen LogP contribution in [-0.4, -0.2) is 20.8 Å². The SMILES string of the molecule is Cc1ccc(-n2cc(O)c(C(N)=O)n2)cc1. The van der Waals surface area contributed by atoms with Crippen LogP contribution in [0.3, 0.4) is 0 Å². The molecule has 0 spiro atoms. The van der Waals surface area contributed by atoms with E-state index in [9.17, 15) is 9.90 Å². The summed E-state index contributed by atoms with van der Waals surface area (Å²) in [7, 11) is 0. The predicted molar refractivity (Wildman–Crippen MR) is 58.5 cm³/mol. The van der Waals surface area contributed by atoms with Gasteiger partial charge in [-0.15, -0.1) is 0 Å². The third kappa shape index (κ3) is 1.75. The van der Waals surface area contributed by atoms with E-state index in [2.05, 4.69) is 5.10 Å². The van der Waals surface area contributed by atoms with Crippen molar-refractivity contribution >= 4 is 5.91 Å². The van der Waals surface area contributed by atoms with Crippen molar-refractivity contribution in [3.63, 3.8) is 0 Å². The summed E-state index contributed by atoms with van der Waals surface area (Å²) in [6.45, 7) is 1.97. The molecule has 2 rings (SSSR count). The highest BCUT2D eigenvalue weighted by molar-refractivity contribution is 5.93. The molecule has 0 aliphatic rings. The fraction of sp³-hybridized carbons (Fsp3) is 0.0909. The van der Waals surface area contributed by atoms with E-state index >= 15 is 0 Å². The highest BCUT2D eigenvalue weighted by Crippen LogP contribution is 2.17. The Morgan fingerprint density at radius 2 is 2.00 bits per heavy atom. The van der Waals surface area contributed by atoms with Gasteiger partial charge in [0.15, 0.2) is 11.4 Å². The minimum Gasteiger partial charge on any atom is -0.504 e. The molecule has 0 saturated heterocycles. The van der Waals surface area contributed by atoms with Gasteiger partial charge in [0.1, 0.15) is 0 Å². The Morgan fingerprint density at radius 3 is 2.50 bits per heavy atom. The van der Waals surface area contributed by atoms with Crippen LogP contribution in [0.15, 0.2) is 30.5 Å². The Hall–Kier alpha value is -2.30. The molecule has 0 bridgehead atoms. The van der Waals surface area contributed by atoms with Gasteiger partial charge in [0.05, 0.1) is 11.9 Å². The van der Waals surface area contributed by atoms with Crippen LogP contribution in [0.5, 0.6) is 5.75 Å². The van der Waals surface area contributed by atoms with E-state index in [0.29, 0.717) is 0 Å². The fourth-order valence-corrected chi connectivity index (χ4v) is 1.37. The second-order valence-electron chi connectivity index (χ2n) is 3.51. The number of amides is 1. The van der Waals surface area contributed by atoms with Crippen molar-refractivity contribution in [1.82, 2.24) is 9.78 Å². The van der Waals surface area contributed by atoms with Gasteiger partial charge in [0, 0.05) is 0 Å². The number of hydrogen-bond donors (Lipinski definition) is 2. The smallest absolute Gasteiger partial charge is 0.273 e. The maximum Gasteiger partial charge on any atom is 0.273 e. The molecule has 0 radical (unpaired) electrons. The Morgan fingerprint density at radius 1 is 1.38 bits per heavy atom. The first-order chi connectivity index (χ1) is 7.58. The maximum atomic E-state index is 10.9. The Bertz CT molecular complexity index is 529. The first-order valence-corrected chi connectivity index (χ1v) is 4.73. The van der Waals surface area contributed by atoms with Gasteiger partial charge >= 0.3 is 0 Å². The van der Waals surface area contributed by atoms with Crippen LogP contribution in [0.1, 0.15) is 16.1 Å². The van der Waals surface area contributed by atoms with Gasteiger partial charge in [-0.2, -0.15) is 5.10 Å². The largest absolute Gasteiger partial charge is 0.504 e. The number of benzene rings is 1. The molecule has 0 fully saturated rings. The molecule has 0 aliphatic carbocycles. The minimum absolute atomic E-state index is 0.124. The summed E-state index contributed by atoms with van der Waals surface area (Å²) in [6, 6.07) is 7.51. The van der Waals surface area contributed by atoms with Crippen LogP contribution in [0.4, 0.5) is 0 Å². The third-order valence-electron chi connectivity index (χ3n) is 2.23. The molecule has 2 aromatic rings. The number of nitrogens with zero attached hydrogens (tertiary/aromatic N) is 2. The molecule has 1 amide bonds. The van der Waals surface area contributed by atoms with Crippen molar-refractivity contribution in [3.8, 4) is 11.4 Å². The molecule has 16 heavy (non-hydrogen) atoms. The first kappa shape index (κ1) is 10.2. The number of primary amides is 1. The average Bonchev–Trinajstić information content (AvgIpc) is 2.61. The fourth-order valence-electron chi connectivity index (χ4n) is 1.37. The summed E-state index contributed by atoms with van der Waals surface area (Å²) in [5.74, 6) is -0.962. The summed E-state index contributed by atoms with van der Waals surface area (Å²) < 4.78 is 1.41. The van der Waals surface area contributed by atoms with Crippen LogP contribution < -0.4 is 5.73 Å². The third-order valence-corrected chi connectivity index (χ3v) is 2.23. The summed E-state index contributed by atoms with van der Waals surface area (Å²) in [6.07, 6.45) is 1.35. The second kappa shape index (κ2) is 3.69. The van der Waals surface area contributed by atoms with Crippen LogP contribution >= 0.6 is 0 Å². The van der Waals surface area contributed by atoms with Crippen molar-refractivity contribution in [3.05, 3.63) is 41.7 Å². The van der Waals surface area contributed by atoms with Gasteiger partial charge in [0.25, 0.3) is 5.91 Å². The van der Waals surface area contributed by atoms with Gasteiger partial charge in [0.2, 0.25) is 0 Å². The zero-order valence-corrected chi connectivity index (χ0v) is 8.71. The predicted octanol–water partition coefficient (Wildman–Crippen LogP) is 0.985. The molecule has 1 aromatic heterocycles. The monoisotopic (exact) mass is 217 g/mol. The number of carbonyl (C=O) groups excluding carboxylic acids is 1. The van der Waals surface area contributed by atoms with Gasteiger partial charge in [-0.1, -0.05) is 17.7 Å². The topological polar surface area (TPSA) is 81.1 Å². The van der Waals surface area contributed by atoms with Crippen LogP contribution in [0.25, 0.3) is 5.69 Å². The average molecular weight is 217 g/mol. The van der Waals surface area contributed by atoms with E-state index < -0.39 is 5.91 Å². The van der Waals surface area contributed by atoms with Crippen molar-refractivity contribution in [1.29, 1.82) is 0 Å². The number of aromatic nitrogens is 2. The second-order valence-corrected chi connectivity index (χ2v) is 3.51. The standard InChI is InChI=1S/C11H11N3O2/c1-7-2-4-8(5-3-7)14-6-9(15)10(13-14)11(12)16/h2-6,15H,1H3,(H2,12,16). The molecule has 0 atom stereocenters. The first-order valence-electron chi connectivity index (χ1n) is 4.73. The van der Waals surface area contributed by atoms with Crippen molar-refractivity contribution in [2.45, 2.75) is 6.92 Å². The quantitative estimate of drug-likeness (QED) is 0.786. The number of nitrogens with two attached hydrogens (primary N) is 1. The van der Waals surface area contributed by atoms with Crippen molar-refractivity contribution in [2.75, 3.05) is 0 Å². The van der Waals surface area contributed by atoms with Crippen molar-refractivity contribution in [2.24, 2.45) is 5.73 Å². The summed E-state index contributed by atoms with van der Waals surface area (Å²) in [5, 5.41) is 13.3. The van der Waals surface area contributed by atoms with Gasteiger partial charge in [-0.3, -0.25) is 4.79 Å². The lowest BCUT2D eigenvalue weighted by Crippen LogP contribution is -2.12. The zero-order valence-electron chi connectivity index (χ0n) is 8.71. The molecule has 0 saturated carbocycles. The van der Waals surface area contributed by atoms with E-state index in [4.69, 9.17) is 5.73 Å². The number of hydrogen-bond acceptors (Lipinski definition) is 3. The van der Waals surface area contributed by atoms with Crippen molar-refractivity contribution < 1.29 is 9.90 Å². The zero-order chi connectivity index (χ0) is 11.7. The maximum absolute atomic E-state index is 10.9. The van der Waals surface area contributed by atoms with Gasteiger partial charge < -0.3 is 10.8 Å². The molecular formula is C11H11N3O2. The van der Waals surface area contributed by atoms with Crippen LogP contribution in [0.2, 0.25) is 0 Å². The van der Waals surface area contributed by atoms with Gasteiger partial charge in [-0.05, 0) is 19.1 Å². The highest BCUT2D eigenvalue weighted by atomic mass is 16.3. The van der Waals surface area contributed by atoms with E-state index in [-0.39, 0.29) is 11.4 Å². The number of aromatic hydroxyl groups is 1. The molecule has 0 unspecified atom stereocenters. The van der Waals surface area contributed by atoms with E-state index in [1.807, 2.05) is 31.2 Å². The Kier molecular flexibility index (Phi) is 2.36. The number of aryl methyl sites for hydroxylation is 1. The van der Waals surface area contributed by atoms with E-state index in [1.165, 1.54) is 10.9 Å². The Balaban J connectivity index is 2.45. The summed E-state index contributed by atoms with van der Waals surface area (Å²) in [5.41, 5.74) is 6.81. The molecule has 0 aliphatic heterocycles. The lowest BCUT2D eigenvalue weighted by atomic mass is 10.2. The van der Waals surface area contributed by atoms with E-state index in [0.717, 1.165) is 11.3 Å². The van der Waals surface area contributed by atoms with Crippen LogP contribution in [-0.2, 0) is 0 Å². The van der Waals surface area contributed by atoms with Crippen LogP contribution in [0, 0.1) is 6.92 Å². The van der Waals surface area contributed by atoms with Gasteiger partial charge in [-0.25, -0.2) is 4.68 Å². The normalized spacial score (nSPS) is 10.3. The molecule has 1 aromatic carbocycles.